The van der Waals surface area contributed by atoms with Crippen molar-refractivity contribution in [3.8, 4) is 0 Å². The normalized spacial score (nSPS) is 18.3. The summed E-state index contributed by atoms with van der Waals surface area (Å²) in [5.41, 5.74) is 1.79. The van der Waals surface area contributed by atoms with E-state index in [4.69, 9.17) is 0 Å². The third-order valence-corrected chi connectivity index (χ3v) is 4.51. The highest BCUT2D eigenvalue weighted by Crippen LogP contribution is 2.28. The fourth-order valence-electron chi connectivity index (χ4n) is 3.06. The summed E-state index contributed by atoms with van der Waals surface area (Å²) in [6, 6.07) is 5.89. The molecule has 0 aromatic heterocycles. The van der Waals surface area contributed by atoms with E-state index >= 15 is 0 Å². The number of rotatable bonds is 5. The largest absolute Gasteiger partial charge is 0.369 e. The van der Waals surface area contributed by atoms with Crippen molar-refractivity contribution in [2.24, 2.45) is 5.92 Å². The summed E-state index contributed by atoms with van der Waals surface area (Å²) < 4.78 is 14.3. The molecule has 0 spiro atoms. The molecule has 1 saturated heterocycles. The van der Waals surface area contributed by atoms with E-state index in [1.54, 1.807) is 6.07 Å². The van der Waals surface area contributed by atoms with Crippen molar-refractivity contribution in [3.63, 3.8) is 0 Å². The molecule has 2 nitrogen and oxygen atoms in total. The highest BCUT2D eigenvalue weighted by Gasteiger charge is 2.20. The Kier molecular flexibility index (Phi) is 5.41. The van der Waals surface area contributed by atoms with Gasteiger partial charge in [0, 0.05) is 19.1 Å². The number of piperidine rings is 1. The lowest BCUT2D eigenvalue weighted by Crippen LogP contribution is -2.34. The molecule has 1 aliphatic rings. The minimum Gasteiger partial charge on any atom is -0.369 e. The van der Waals surface area contributed by atoms with Crippen LogP contribution in [0.15, 0.2) is 18.2 Å². The highest BCUT2D eigenvalue weighted by molar-refractivity contribution is 5.50. The van der Waals surface area contributed by atoms with Crippen molar-refractivity contribution in [3.05, 3.63) is 29.6 Å². The van der Waals surface area contributed by atoms with E-state index in [-0.39, 0.29) is 11.9 Å². The van der Waals surface area contributed by atoms with Crippen LogP contribution >= 0.6 is 0 Å². The van der Waals surface area contributed by atoms with Crippen molar-refractivity contribution in [2.45, 2.75) is 46.1 Å². The van der Waals surface area contributed by atoms with Crippen LogP contribution < -0.4 is 10.2 Å². The molecule has 0 amide bonds. The molecule has 1 atom stereocenters. The number of hydrogen-bond acceptors (Lipinski definition) is 2. The zero-order valence-corrected chi connectivity index (χ0v) is 13.0. The summed E-state index contributed by atoms with van der Waals surface area (Å²) in [5.74, 6) is 0.740. The van der Waals surface area contributed by atoms with Gasteiger partial charge in [0.05, 0.1) is 5.69 Å². The van der Waals surface area contributed by atoms with Gasteiger partial charge in [0.15, 0.2) is 0 Å². The number of nitrogens with one attached hydrogen (secondary N) is 1. The van der Waals surface area contributed by atoms with Gasteiger partial charge in [0.1, 0.15) is 5.82 Å². The van der Waals surface area contributed by atoms with Crippen LogP contribution in [0.3, 0.4) is 0 Å². The molecule has 0 saturated carbocycles. The van der Waals surface area contributed by atoms with E-state index in [1.807, 2.05) is 6.07 Å². The first-order valence-electron chi connectivity index (χ1n) is 7.93. The average Bonchev–Trinajstić information content (AvgIpc) is 2.47. The summed E-state index contributed by atoms with van der Waals surface area (Å²) in [6.07, 6.45) is 3.62. The van der Waals surface area contributed by atoms with E-state index in [2.05, 4.69) is 37.1 Å². The van der Waals surface area contributed by atoms with Gasteiger partial charge in [-0.05, 0) is 49.9 Å². The van der Waals surface area contributed by atoms with E-state index in [0.29, 0.717) is 0 Å². The standard InChI is InChI=1S/C17H27FN2/c1-4-14-8-10-20(11-9-14)17-7-6-15(12-16(17)18)13(3)19-5-2/h6-7,12-14,19H,4-5,8-11H2,1-3H3. The summed E-state index contributed by atoms with van der Waals surface area (Å²) in [4.78, 5) is 2.20. The van der Waals surface area contributed by atoms with Gasteiger partial charge in [-0.1, -0.05) is 26.3 Å². The quantitative estimate of drug-likeness (QED) is 0.871. The topological polar surface area (TPSA) is 15.3 Å². The van der Waals surface area contributed by atoms with E-state index in [9.17, 15) is 4.39 Å². The predicted octanol–water partition coefficient (Wildman–Crippen LogP) is 4.12. The van der Waals surface area contributed by atoms with Crippen molar-refractivity contribution >= 4 is 5.69 Å². The van der Waals surface area contributed by atoms with Crippen LogP contribution in [0.4, 0.5) is 10.1 Å². The van der Waals surface area contributed by atoms with E-state index in [0.717, 1.165) is 36.8 Å². The minimum absolute atomic E-state index is 0.0813. The van der Waals surface area contributed by atoms with Crippen LogP contribution in [0.1, 0.15) is 51.6 Å². The van der Waals surface area contributed by atoms with Gasteiger partial charge in [0.25, 0.3) is 0 Å². The van der Waals surface area contributed by atoms with Gasteiger partial charge in [0.2, 0.25) is 0 Å². The Hall–Kier alpha value is -1.09. The molecule has 1 aromatic rings. The molecule has 1 unspecified atom stereocenters. The van der Waals surface area contributed by atoms with Crippen LogP contribution in [-0.2, 0) is 0 Å². The lowest BCUT2D eigenvalue weighted by atomic mass is 9.94. The monoisotopic (exact) mass is 278 g/mol. The summed E-state index contributed by atoms with van der Waals surface area (Å²) in [6.45, 7) is 9.26. The van der Waals surface area contributed by atoms with Gasteiger partial charge in [-0.2, -0.15) is 0 Å². The maximum Gasteiger partial charge on any atom is 0.146 e. The fraction of sp³-hybridized carbons (Fsp3) is 0.647. The predicted molar refractivity (Wildman–Crippen MR) is 83.7 cm³/mol. The minimum atomic E-state index is -0.0813. The van der Waals surface area contributed by atoms with Crippen molar-refractivity contribution in [2.75, 3.05) is 24.5 Å². The molecule has 1 fully saturated rings. The zero-order chi connectivity index (χ0) is 14.5. The Morgan fingerprint density at radius 2 is 2.00 bits per heavy atom. The Morgan fingerprint density at radius 3 is 2.55 bits per heavy atom. The van der Waals surface area contributed by atoms with E-state index < -0.39 is 0 Å². The molecule has 3 heteroatoms. The van der Waals surface area contributed by atoms with Gasteiger partial charge >= 0.3 is 0 Å². The summed E-state index contributed by atoms with van der Waals surface area (Å²) >= 11 is 0. The Morgan fingerprint density at radius 1 is 1.30 bits per heavy atom. The molecule has 0 bridgehead atoms. The van der Waals surface area contributed by atoms with Crippen LogP contribution in [0, 0.1) is 11.7 Å². The summed E-state index contributed by atoms with van der Waals surface area (Å²) in [7, 11) is 0. The van der Waals surface area contributed by atoms with Gasteiger partial charge in [-0.25, -0.2) is 4.39 Å². The Labute approximate surface area is 122 Å². The number of anilines is 1. The molecule has 1 N–H and O–H groups in total. The zero-order valence-electron chi connectivity index (χ0n) is 13.0. The molecule has 112 valence electrons. The molecule has 20 heavy (non-hydrogen) atoms. The van der Waals surface area contributed by atoms with Gasteiger partial charge in [-0.15, -0.1) is 0 Å². The van der Waals surface area contributed by atoms with E-state index in [1.165, 1.54) is 19.3 Å². The molecule has 0 aliphatic carbocycles. The second-order valence-corrected chi connectivity index (χ2v) is 5.83. The second kappa shape index (κ2) is 7.07. The van der Waals surface area contributed by atoms with Crippen molar-refractivity contribution in [1.82, 2.24) is 5.32 Å². The second-order valence-electron chi connectivity index (χ2n) is 5.83. The number of hydrogen-bond donors (Lipinski definition) is 1. The van der Waals surface area contributed by atoms with Crippen molar-refractivity contribution < 1.29 is 4.39 Å². The maximum atomic E-state index is 14.3. The number of halogens is 1. The lowest BCUT2D eigenvalue weighted by Gasteiger charge is -2.33. The third-order valence-electron chi connectivity index (χ3n) is 4.51. The highest BCUT2D eigenvalue weighted by atomic mass is 19.1. The SMILES string of the molecule is CCNC(C)c1ccc(N2CCC(CC)CC2)c(F)c1. The smallest absolute Gasteiger partial charge is 0.146 e. The maximum absolute atomic E-state index is 14.3. The Bertz CT molecular complexity index is 425. The van der Waals surface area contributed by atoms with Crippen LogP contribution in [0.25, 0.3) is 0 Å². The molecule has 1 aromatic carbocycles. The lowest BCUT2D eigenvalue weighted by molar-refractivity contribution is 0.392. The first-order valence-corrected chi connectivity index (χ1v) is 7.93. The molecule has 0 radical (unpaired) electrons. The molecule has 1 aliphatic heterocycles. The van der Waals surface area contributed by atoms with Crippen molar-refractivity contribution in [1.29, 1.82) is 0 Å². The van der Waals surface area contributed by atoms with Crippen LogP contribution in [0.5, 0.6) is 0 Å². The molecular formula is C17H27FN2. The average molecular weight is 278 g/mol. The number of benzene rings is 1. The molecule has 1 heterocycles. The first kappa shape index (κ1) is 15.3. The third kappa shape index (κ3) is 3.51. The fourth-order valence-corrected chi connectivity index (χ4v) is 3.06. The first-order chi connectivity index (χ1) is 9.65. The number of nitrogens with zero attached hydrogens (tertiary/aromatic N) is 1. The van der Waals surface area contributed by atoms with Gasteiger partial charge in [-0.3, -0.25) is 0 Å². The Balaban J connectivity index is 2.06. The van der Waals surface area contributed by atoms with Crippen LogP contribution in [-0.4, -0.2) is 19.6 Å². The summed E-state index contributed by atoms with van der Waals surface area (Å²) in [5, 5.41) is 3.32. The molecular weight excluding hydrogens is 251 g/mol. The molecule has 2 rings (SSSR count). The van der Waals surface area contributed by atoms with Crippen LogP contribution in [0.2, 0.25) is 0 Å². The van der Waals surface area contributed by atoms with Gasteiger partial charge < -0.3 is 10.2 Å².